The molecule has 2 aliphatic rings. The Morgan fingerprint density at radius 1 is 1.23 bits per heavy atom. The molecule has 10 heteroatoms. The van der Waals surface area contributed by atoms with Crippen LogP contribution in [0.4, 0.5) is 0 Å². The lowest BCUT2D eigenvalue weighted by molar-refractivity contribution is -0.149. The first-order chi connectivity index (χ1) is 14.8. The van der Waals surface area contributed by atoms with E-state index in [9.17, 15) is 14.7 Å². The van der Waals surface area contributed by atoms with E-state index in [1.807, 2.05) is 48.5 Å². The number of hydrogen-bond donors (Lipinski definition) is 2. The third-order valence-electron chi connectivity index (χ3n) is 5.21. The maximum atomic E-state index is 12.9. The average Bonchev–Trinajstić information content (AvgIpc) is 2.75. The number of rotatable bonds is 6. The van der Waals surface area contributed by atoms with Crippen LogP contribution in [0.25, 0.3) is 0 Å². The van der Waals surface area contributed by atoms with E-state index >= 15 is 0 Å². The van der Waals surface area contributed by atoms with E-state index in [4.69, 9.17) is 12.2 Å². The number of thiocarbonyl (C=S) groups is 1. The molecule has 2 aromatic carbocycles. The van der Waals surface area contributed by atoms with Crippen molar-refractivity contribution in [2.45, 2.75) is 27.5 Å². The van der Waals surface area contributed by atoms with Gasteiger partial charge in [0.15, 0.2) is 0 Å². The highest BCUT2D eigenvalue weighted by Gasteiger charge is 2.57. The number of fused-ring (bicyclic) bond motifs is 1. The number of benzene rings is 2. The number of nitrogens with one attached hydrogen (secondary N) is 1. The van der Waals surface area contributed by atoms with Crippen LogP contribution in [-0.4, -0.2) is 55.3 Å². The Balaban J connectivity index is 1.43. The molecule has 2 saturated heterocycles. The summed E-state index contributed by atoms with van der Waals surface area (Å²) >= 11 is 12.9. The largest absolute Gasteiger partial charge is 0.480 e. The summed E-state index contributed by atoms with van der Waals surface area (Å²) in [6.45, 7) is 0.190. The second-order valence-electron chi connectivity index (χ2n) is 7.31. The minimum atomic E-state index is -1.07. The lowest BCUT2D eigenvalue weighted by Gasteiger charge is -2.53. The van der Waals surface area contributed by atoms with E-state index in [1.54, 1.807) is 4.90 Å². The van der Waals surface area contributed by atoms with Gasteiger partial charge in [-0.25, -0.2) is 0 Å². The van der Waals surface area contributed by atoms with Gasteiger partial charge in [-0.1, -0.05) is 42.5 Å². The maximum absolute atomic E-state index is 12.9. The predicted octanol–water partition coefficient (Wildman–Crippen LogP) is 4.25. The van der Waals surface area contributed by atoms with Gasteiger partial charge in [-0.2, -0.15) is 0 Å². The van der Waals surface area contributed by atoms with Crippen molar-refractivity contribution in [2.75, 3.05) is 12.3 Å². The third kappa shape index (κ3) is 4.87. The van der Waals surface area contributed by atoms with Gasteiger partial charge in [-0.15, -0.1) is 23.5 Å². The van der Waals surface area contributed by atoms with E-state index in [-0.39, 0.29) is 17.8 Å². The van der Waals surface area contributed by atoms with Crippen molar-refractivity contribution in [3.05, 3.63) is 61.2 Å². The molecule has 1 unspecified atom stereocenters. The molecule has 0 saturated carbocycles. The van der Waals surface area contributed by atoms with E-state index in [1.165, 1.54) is 23.5 Å². The van der Waals surface area contributed by atoms with E-state index in [0.29, 0.717) is 17.2 Å². The standard InChI is InChI=1S/C21H18I2N2O3S3/c22-13-6-2-1-5-12(13)9-16(29)24-17-18(26)25-10-21(20(27)28,11-30-19(17)25)31-15-8-4-3-7-14(15)23/h1-8,17,19H,9-11H2,(H,24,29)(H,27,28)/t17-,19-,21?/m1/s1. The fourth-order valence-corrected chi connectivity index (χ4v) is 8.00. The Hall–Kier alpha value is -0.570. The smallest absolute Gasteiger partial charge is 0.322 e. The van der Waals surface area contributed by atoms with Crippen LogP contribution in [0.3, 0.4) is 0 Å². The van der Waals surface area contributed by atoms with Crippen LogP contribution in [0.1, 0.15) is 5.56 Å². The zero-order valence-electron chi connectivity index (χ0n) is 16.1. The summed E-state index contributed by atoms with van der Waals surface area (Å²) < 4.78 is 1.08. The first kappa shape index (κ1) is 23.6. The number of carboxylic acids is 1. The summed E-state index contributed by atoms with van der Waals surface area (Å²) in [7, 11) is 0. The van der Waals surface area contributed by atoms with Gasteiger partial charge in [0.1, 0.15) is 16.2 Å². The van der Waals surface area contributed by atoms with Crippen molar-refractivity contribution < 1.29 is 14.7 Å². The molecule has 0 aliphatic carbocycles. The van der Waals surface area contributed by atoms with Gasteiger partial charge in [0.05, 0.1) is 4.99 Å². The fraction of sp³-hybridized carbons (Fsp3) is 0.286. The molecule has 2 heterocycles. The van der Waals surface area contributed by atoms with Gasteiger partial charge in [0.2, 0.25) is 5.91 Å². The zero-order chi connectivity index (χ0) is 22.2. The number of thioether (sulfide) groups is 2. The van der Waals surface area contributed by atoms with Crippen molar-refractivity contribution >= 4 is 97.8 Å². The summed E-state index contributed by atoms with van der Waals surface area (Å²) in [4.78, 5) is 28.4. The van der Waals surface area contributed by atoms with Gasteiger partial charge in [-0.05, 0) is 68.9 Å². The van der Waals surface area contributed by atoms with Crippen molar-refractivity contribution in [3.63, 3.8) is 0 Å². The second-order valence-corrected chi connectivity index (χ2v) is 12.7. The first-order valence-electron chi connectivity index (χ1n) is 9.42. The number of aliphatic carboxylic acids is 1. The minimum absolute atomic E-state index is 0.0868. The number of carbonyl (C=O) groups excluding carboxylic acids is 1. The fourth-order valence-electron chi connectivity index (χ4n) is 3.56. The highest BCUT2D eigenvalue weighted by atomic mass is 127. The number of β-lactam (4-membered cyclic amide) rings is 1. The summed E-state index contributed by atoms with van der Waals surface area (Å²) in [6.07, 6.45) is 0.580. The Morgan fingerprint density at radius 3 is 2.58 bits per heavy atom. The van der Waals surface area contributed by atoms with Gasteiger partial charge in [0, 0.05) is 30.8 Å². The molecule has 0 bridgehead atoms. The quantitative estimate of drug-likeness (QED) is 0.266. The first-order valence-corrected chi connectivity index (χ1v) is 13.9. The van der Waals surface area contributed by atoms with Gasteiger partial charge in [0.25, 0.3) is 0 Å². The molecule has 2 fully saturated rings. The Labute approximate surface area is 221 Å². The minimum Gasteiger partial charge on any atom is -0.480 e. The van der Waals surface area contributed by atoms with Crippen LogP contribution in [0.5, 0.6) is 0 Å². The molecule has 162 valence electrons. The molecular formula is C21H18I2N2O3S3. The molecule has 4 rings (SSSR count). The normalized spacial score (nSPS) is 24.8. The second kappa shape index (κ2) is 9.74. The van der Waals surface area contributed by atoms with Crippen LogP contribution in [0.2, 0.25) is 0 Å². The zero-order valence-corrected chi connectivity index (χ0v) is 22.9. The maximum Gasteiger partial charge on any atom is 0.322 e. The van der Waals surface area contributed by atoms with Crippen LogP contribution < -0.4 is 5.32 Å². The summed E-state index contributed by atoms with van der Waals surface area (Å²) in [5.41, 5.74) is 1.12. The molecule has 2 aromatic rings. The Bertz CT molecular complexity index is 1050. The summed E-state index contributed by atoms with van der Waals surface area (Å²) in [5.74, 6) is -0.550. The monoisotopic (exact) mass is 696 g/mol. The Morgan fingerprint density at radius 2 is 1.90 bits per heavy atom. The molecule has 0 radical (unpaired) electrons. The van der Waals surface area contributed by atoms with Crippen LogP contribution in [0, 0.1) is 7.14 Å². The topological polar surface area (TPSA) is 69.6 Å². The molecule has 2 aliphatic heterocycles. The third-order valence-corrected chi connectivity index (χ3v) is 11.0. The molecule has 0 spiro atoms. The average molecular weight is 696 g/mol. The van der Waals surface area contributed by atoms with E-state index in [2.05, 4.69) is 50.5 Å². The number of hydrogen-bond acceptors (Lipinski definition) is 5. The summed E-state index contributed by atoms with van der Waals surface area (Å²) in [5, 5.41) is 13.2. The van der Waals surface area contributed by atoms with Crippen molar-refractivity contribution in [1.82, 2.24) is 10.2 Å². The molecule has 3 atom stereocenters. The van der Waals surface area contributed by atoms with Crippen molar-refractivity contribution in [1.29, 1.82) is 0 Å². The van der Waals surface area contributed by atoms with Gasteiger partial charge in [-0.3, -0.25) is 9.59 Å². The molecule has 31 heavy (non-hydrogen) atoms. The molecular weight excluding hydrogens is 678 g/mol. The number of halogens is 2. The molecule has 1 amide bonds. The SMILES string of the molecule is O=C1[C@@H](NC(=S)Cc2ccccc2I)[C@H]2SCC(Sc3ccccc3I)(C(=O)O)CN12. The molecule has 0 aromatic heterocycles. The number of nitrogens with zero attached hydrogens (tertiary/aromatic N) is 1. The highest BCUT2D eigenvalue weighted by Crippen LogP contribution is 2.47. The molecule has 2 N–H and O–H groups in total. The van der Waals surface area contributed by atoms with Crippen LogP contribution in [0.15, 0.2) is 53.4 Å². The van der Waals surface area contributed by atoms with E-state index < -0.39 is 16.8 Å². The highest BCUT2D eigenvalue weighted by molar-refractivity contribution is 14.1. The van der Waals surface area contributed by atoms with E-state index in [0.717, 1.165) is 17.6 Å². The van der Waals surface area contributed by atoms with Gasteiger partial charge >= 0.3 is 5.97 Å². The predicted molar refractivity (Wildman–Crippen MR) is 146 cm³/mol. The van der Waals surface area contributed by atoms with Crippen LogP contribution >= 0.6 is 80.9 Å². The number of amides is 1. The lowest BCUT2D eigenvalue weighted by atomic mass is 10.0. The van der Waals surface area contributed by atoms with Crippen LogP contribution in [-0.2, 0) is 16.0 Å². The van der Waals surface area contributed by atoms with Crippen molar-refractivity contribution in [2.24, 2.45) is 0 Å². The number of carboxylic acid groups (broad SMARTS) is 1. The Kier molecular flexibility index (Phi) is 7.41. The lowest BCUT2D eigenvalue weighted by Crippen LogP contribution is -2.74. The molecule has 5 nitrogen and oxygen atoms in total. The van der Waals surface area contributed by atoms with Crippen molar-refractivity contribution in [3.8, 4) is 0 Å². The number of carbonyl (C=O) groups is 2. The van der Waals surface area contributed by atoms with Gasteiger partial charge < -0.3 is 15.3 Å². The summed E-state index contributed by atoms with van der Waals surface area (Å²) in [6, 6.07) is 15.4.